The summed E-state index contributed by atoms with van der Waals surface area (Å²) in [7, 11) is 1.71. The number of hydrogen-bond acceptors (Lipinski definition) is 4. The van der Waals surface area contributed by atoms with Crippen LogP contribution in [-0.4, -0.2) is 36.5 Å². The molecule has 0 amide bonds. The van der Waals surface area contributed by atoms with Crippen molar-refractivity contribution in [3.8, 4) is 0 Å². The number of ether oxygens (including phenoxy) is 1. The lowest BCUT2D eigenvalue weighted by atomic mass is 10.2. The average Bonchev–Trinajstić information content (AvgIpc) is 2.43. The summed E-state index contributed by atoms with van der Waals surface area (Å²) in [5.74, 6) is -0.506. The molecule has 0 saturated heterocycles. The molecule has 1 aromatic rings. The largest absolute Gasteiger partial charge is 0.446 e. The molecule has 0 bridgehead atoms. The van der Waals surface area contributed by atoms with Gasteiger partial charge in [0.25, 0.3) is 0 Å². The first-order valence-electron chi connectivity index (χ1n) is 5.65. The Kier molecular flexibility index (Phi) is 5.27. The predicted octanol–water partition coefficient (Wildman–Crippen LogP) is 1.88. The first-order chi connectivity index (χ1) is 8.56. The van der Waals surface area contributed by atoms with Gasteiger partial charge in [-0.25, -0.2) is 4.79 Å². The number of ketones is 1. The second-order valence-corrected chi connectivity index (χ2v) is 3.97. The lowest BCUT2D eigenvalue weighted by Crippen LogP contribution is -2.37. The van der Waals surface area contributed by atoms with E-state index in [0.29, 0.717) is 5.56 Å². The third kappa shape index (κ3) is 3.82. The van der Waals surface area contributed by atoms with Crippen molar-refractivity contribution in [1.82, 2.24) is 4.90 Å². The van der Waals surface area contributed by atoms with Gasteiger partial charge in [-0.05, 0) is 32.2 Å². The van der Waals surface area contributed by atoms with Gasteiger partial charge in [0.2, 0.25) is 0 Å². The van der Waals surface area contributed by atoms with Crippen LogP contribution in [0.3, 0.4) is 0 Å². The number of rotatable bonds is 6. The number of likely N-dealkylation sites (N-methyl/N-ethyl adjacent to an activating group) is 1. The van der Waals surface area contributed by atoms with Gasteiger partial charge in [0, 0.05) is 0 Å². The Morgan fingerprint density at radius 2 is 2.00 bits per heavy atom. The molecule has 0 saturated carbocycles. The maximum Gasteiger partial charge on any atom is 0.339 e. The smallest absolute Gasteiger partial charge is 0.339 e. The molecule has 1 unspecified atom stereocenters. The van der Waals surface area contributed by atoms with Gasteiger partial charge in [0.1, 0.15) is 6.73 Å². The normalized spacial score (nSPS) is 11.9. The predicted molar refractivity (Wildman–Crippen MR) is 69.2 cm³/mol. The molecule has 0 N–H and O–H groups in total. The quantitative estimate of drug-likeness (QED) is 0.437. The van der Waals surface area contributed by atoms with E-state index in [1.54, 1.807) is 43.1 Å². The minimum atomic E-state index is -0.402. The van der Waals surface area contributed by atoms with Crippen LogP contribution in [0.1, 0.15) is 17.3 Å². The number of esters is 1. The molecule has 0 aliphatic heterocycles. The van der Waals surface area contributed by atoms with E-state index in [1.807, 2.05) is 6.07 Å². The van der Waals surface area contributed by atoms with Gasteiger partial charge in [-0.15, -0.1) is 0 Å². The molecular weight excluding hydrogens is 230 g/mol. The molecule has 4 nitrogen and oxygen atoms in total. The Balaban J connectivity index is 2.48. The van der Waals surface area contributed by atoms with Crippen molar-refractivity contribution in [2.75, 3.05) is 13.8 Å². The fraction of sp³-hybridized carbons (Fsp3) is 0.286. The molecule has 0 heterocycles. The first-order valence-corrected chi connectivity index (χ1v) is 5.65. The van der Waals surface area contributed by atoms with Crippen LogP contribution in [0.5, 0.6) is 0 Å². The Morgan fingerprint density at radius 3 is 2.56 bits per heavy atom. The zero-order valence-corrected chi connectivity index (χ0v) is 10.6. The summed E-state index contributed by atoms with van der Waals surface area (Å²) >= 11 is 0. The fourth-order valence-corrected chi connectivity index (χ4v) is 1.32. The summed E-state index contributed by atoms with van der Waals surface area (Å²) in [5, 5.41) is 0. The van der Waals surface area contributed by atoms with Crippen molar-refractivity contribution in [3.05, 3.63) is 48.6 Å². The Hall–Kier alpha value is -1.94. The van der Waals surface area contributed by atoms with E-state index in [-0.39, 0.29) is 18.6 Å². The average molecular weight is 247 g/mol. The highest BCUT2D eigenvalue weighted by Gasteiger charge is 2.16. The zero-order chi connectivity index (χ0) is 13.5. The van der Waals surface area contributed by atoms with Gasteiger partial charge in [-0.1, -0.05) is 24.8 Å². The van der Waals surface area contributed by atoms with Crippen LogP contribution in [0.25, 0.3) is 0 Å². The van der Waals surface area contributed by atoms with Crippen LogP contribution in [0.2, 0.25) is 0 Å². The molecule has 1 rings (SSSR count). The molecule has 1 atom stereocenters. The van der Waals surface area contributed by atoms with Gasteiger partial charge in [-0.2, -0.15) is 0 Å². The Labute approximate surface area is 107 Å². The molecule has 4 heteroatoms. The van der Waals surface area contributed by atoms with Crippen molar-refractivity contribution < 1.29 is 14.3 Å². The van der Waals surface area contributed by atoms with Crippen molar-refractivity contribution in [3.63, 3.8) is 0 Å². The molecule has 0 fully saturated rings. The van der Waals surface area contributed by atoms with E-state index in [0.717, 1.165) is 0 Å². The molecule has 1 aromatic carbocycles. The summed E-state index contributed by atoms with van der Waals surface area (Å²) in [6.45, 7) is 5.22. The van der Waals surface area contributed by atoms with Crippen molar-refractivity contribution in [1.29, 1.82) is 0 Å². The van der Waals surface area contributed by atoms with Crippen LogP contribution in [0.4, 0.5) is 0 Å². The highest BCUT2D eigenvalue weighted by molar-refractivity contribution is 5.93. The topological polar surface area (TPSA) is 46.6 Å². The third-order valence-corrected chi connectivity index (χ3v) is 2.68. The van der Waals surface area contributed by atoms with E-state index in [1.165, 1.54) is 6.08 Å². The van der Waals surface area contributed by atoms with E-state index in [2.05, 4.69) is 6.58 Å². The SMILES string of the molecule is C=CC(=O)C(C)N(C)COC(=O)c1ccccc1. The summed E-state index contributed by atoms with van der Waals surface area (Å²) in [6, 6.07) is 8.37. The number of carbonyl (C=O) groups excluding carboxylic acids is 2. The summed E-state index contributed by atoms with van der Waals surface area (Å²) in [5.41, 5.74) is 0.494. The number of nitrogens with zero attached hydrogens (tertiary/aromatic N) is 1. The third-order valence-electron chi connectivity index (χ3n) is 2.68. The fourth-order valence-electron chi connectivity index (χ4n) is 1.32. The lowest BCUT2D eigenvalue weighted by molar-refractivity contribution is -0.120. The molecular formula is C14H17NO3. The lowest BCUT2D eigenvalue weighted by Gasteiger charge is -2.21. The Bertz CT molecular complexity index is 428. The minimum Gasteiger partial charge on any atom is -0.446 e. The van der Waals surface area contributed by atoms with Crippen LogP contribution in [0.15, 0.2) is 43.0 Å². The maximum atomic E-state index is 11.7. The standard InChI is InChI=1S/C14H17NO3/c1-4-13(16)11(2)15(3)10-18-14(17)12-8-6-5-7-9-12/h4-9,11H,1,10H2,2-3H3. The van der Waals surface area contributed by atoms with Gasteiger partial charge in [0.15, 0.2) is 5.78 Å². The second-order valence-electron chi connectivity index (χ2n) is 3.97. The van der Waals surface area contributed by atoms with Crippen molar-refractivity contribution in [2.45, 2.75) is 13.0 Å². The van der Waals surface area contributed by atoms with Crippen molar-refractivity contribution in [2.24, 2.45) is 0 Å². The number of hydrogen-bond donors (Lipinski definition) is 0. The van der Waals surface area contributed by atoms with Crippen LogP contribution in [-0.2, 0) is 9.53 Å². The first kappa shape index (κ1) is 14.1. The summed E-state index contributed by atoms with van der Waals surface area (Å²) < 4.78 is 5.11. The summed E-state index contributed by atoms with van der Waals surface area (Å²) in [4.78, 5) is 24.7. The van der Waals surface area contributed by atoms with Gasteiger partial charge in [-0.3, -0.25) is 9.69 Å². The van der Waals surface area contributed by atoms with E-state index in [9.17, 15) is 9.59 Å². The van der Waals surface area contributed by atoms with Crippen molar-refractivity contribution >= 4 is 11.8 Å². The van der Waals surface area contributed by atoms with Crippen LogP contribution < -0.4 is 0 Å². The summed E-state index contributed by atoms with van der Waals surface area (Å²) in [6.07, 6.45) is 1.26. The zero-order valence-electron chi connectivity index (χ0n) is 10.6. The van der Waals surface area contributed by atoms with E-state index in [4.69, 9.17) is 4.74 Å². The molecule has 18 heavy (non-hydrogen) atoms. The highest BCUT2D eigenvalue weighted by Crippen LogP contribution is 2.03. The number of carbonyl (C=O) groups is 2. The molecule has 0 radical (unpaired) electrons. The molecule has 0 aliphatic rings. The molecule has 0 spiro atoms. The Morgan fingerprint density at radius 1 is 1.39 bits per heavy atom. The maximum absolute atomic E-state index is 11.7. The highest BCUT2D eigenvalue weighted by atomic mass is 16.5. The molecule has 0 aliphatic carbocycles. The van der Waals surface area contributed by atoms with E-state index < -0.39 is 5.97 Å². The van der Waals surface area contributed by atoms with Crippen LogP contribution in [0, 0.1) is 0 Å². The monoisotopic (exact) mass is 247 g/mol. The minimum absolute atomic E-state index is 0.0640. The van der Waals surface area contributed by atoms with Gasteiger partial charge in [0.05, 0.1) is 11.6 Å². The molecule has 96 valence electrons. The number of benzene rings is 1. The van der Waals surface area contributed by atoms with Crippen LogP contribution >= 0.6 is 0 Å². The van der Waals surface area contributed by atoms with Gasteiger partial charge >= 0.3 is 5.97 Å². The van der Waals surface area contributed by atoms with Gasteiger partial charge < -0.3 is 4.74 Å². The molecule has 0 aromatic heterocycles. The van der Waals surface area contributed by atoms with E-state index >= 15 is 0 Å². The second kappa shape index (κ2) is 6.71.